The van der Waals surface area contributed by atoms with E-state index in [4.69, 9.17) is 4.52 Å². The third kappa shape index (κ3) is 3.84. The molecule has 0 spiro atoms. The number of halogens is 1. The highest BCUT2D eigenvalue weighted by molar-refractivity contribution is 7.98. The number of amides is 1. The number of hydrogen-bond donors (Lipinski definition) is 1. The van der Waals surface area contributed by atoms with Crippen LogP contribution in [-0.2, 0) is 6.54 Å². The van der Waals surface area contributed by atoms with Crippen molar-refractivity contribution >= 4 is 17.7 Å². The van der Waals surface area contributed by atoms with Crippen molar-refractivity contribution < 1.29 is 13.7 Å². The summed E-state index contributed by atoms with van der Waals surface area (Å²) in [6.07, 6.45) is 1.87. The van der Waals surface area contributed by atoms with Crippen LogP contribution in [0.4, 0.5) is 4.39 Å². The van der Waals surface area contributed by atoms with E-state index >= 15 is 0 Å². The lowest BCUT2D eigenvalue weighted by Crippen LogP contribution is -2.25. The predicted octanol–water partition coefficient (Wildman–Crippen LogP) is 4.02. The Hall–Kier alpha value is -3.46. The van der Waals surface area contributed by atoms with E-state index in [1.165, 1.54) is 23.9 Å². The molecule has 0 aliphatic rings. The third-order valence-electron chi connectivity index (χ3n) is 4.51. The van der Waals surface area contributed by atoms with Crippen molar-refractivity contribution in [2.45, 2.75) is 18.6 Å². The highest BCUT2D eigenvalue weighted by atomic mass is 32.2. The SMILES string of the molecule is CSc1nnc(CNC(=O)c2c(-c3ccccc3)noc2C)n1-c1ccc(F)cc1. The minimum atomic E-state index is -0.330. The summed E-state index contributed by atoms with van der Waals surface area (Å²) in [6, 6.07) is 15.4. The molecule has 0 radical (unpaired) electrons. The van der Waals surface area contributed by atoms with Crippen LogP contribution in [0.3, 0.4) is 0 Å². The van der Waals surface area contributed by atoms with Crippen molar-refractivity contribution in [2.24, 2.45) is 0 Å². The molecule has 0 fully saturated rings. The summed E-state index contributed by atoms with van der Waals surface area (Å²) in [5.74, 6) is 0.293. The van der Waals surface area contributed by atoms with Crippen LogP contribution in [0.1, 0.15) is 21.9 Å². The molecule has 1 N–H and O–H groups in total. The molecule has 0 saturated heterocycles. The van der Waals surface area contributed by atoms with Gasteiger partial charge in [-0.05, 0) is 37.4 Å². The minimum Gasteiger partial charge on any atom is -0.360 e. The molecule has 0 aliphatic heterocycles. The van der Waals surface area contributed by atoms with Gasteiger partial charge in [0, 0.05) is 11.3 Å². The number of benzene rings is 2. The zero-order valence-electron chi connectivity index (χ0n) is 16.3. The van der Waals surface area contributed by atoms with Gasteiger partial charge in [0.1, 0.15) is 22.8 Å². The molecule has 0 unspecified atom stereocenters. The van der Waals surface area contributed by atoms with Crippen molar-refractivity contribution in [2.75, 3.05) is 6.26 Å². The average molecular weight is 423 g/mol. The molecule has 1 amide bonds. The van der Waals surface area contributed by atoms with Crippen LogP contribution >= 0.6 is 11.8 Å². The Morgan fingerprint density at radius 3 is 2.57 bits per heavy atom. The van der Waals surface area contributed by atoms with Gasteiger partial charge in [0.15, 0.2) is 11.0 Å². The van der Waals surface area contributed by atoms with E-state index < -0.39 is 0 Å². The van der Waals surface area contributed by atoms with Crippen molar-refractivity contribution in [3.05, 3.63) is 77.6 Å². The maximum atomic E-state index is 13.3. The molecule has 7 nitrogen and oxygen atoms in total. The summed E-state index contributed by atoms with van der Waals surface area (Å²) >= 11 is 1.41. The Morgan fingerprint density at radius 2 is 1.87 bits per heavy atom. The zero-order valence-corrected chi connectivity index (χ0v) is 17.1. The summed E-state index contributed by atoms with van der Waals surface area (Å²) in [7, 11) is 0. The fourth-order valence-corrected chi connectivity index (χ4v) is 3.59. The maximum absolute atomic E-state index is 13.3. The number of carbonyl (C=O) groups is 1. The lowest BCUT2D eigenvalue weighted by Gasteiger charge is -2.10. The van der Waals surface area contributed by atoms with E-state index in [0.29, 0.717) is 33.7 Å². The lowest BCUT2D eigenvalue weighted by atomic mass is 10.1. The van der Waals surface area contributed by atoms with Crippen molar-refractivity contribution in [1.82, 2.24) is 25.2 Å². The number of rotatable bonds is 6. The molecular weight excluding hydrogens is 405 g/mol. The molecule has 30 heavy (non-hydrogen) atoms. The van der Waals surface area contributed by atoms with Gasteiger partial charge in [0.05, 0.1) is 6.54 Å². The van der Waals surface area contributed by atoms with Gasteiger partial charge in [-0.25, -0.2) is 4.39 Å². The molecule has 2 aromatic carbocycles. The summed E-state index contributed by atoms with van der Waals surface area (Å²) in [5, 5.41) is 15.9. The standard InChI is InChI=1S/C21H18FN5O2S/c1-13-18(19(26-29-13)14-6-4-3-5-7-14)20(28)23-12-17-24-25-21(30-2)27(17)16-10-8-15(22)9-11-16/h3-11H,12H2,1-2H3,(H,23,28). The van der Waals surface area contributed by atoms with Gasteiger partial charge in [0.25, 0.3) is 5.91 Å². The molecule has 152 valence electrons. The Balaban J connectivity index is 1.60. The van der Waals surface area contributed by atoms with Crippen LogP contribution in [0.15, 0.2) is 64.3 Å². The smallest absolute Gasteiger partial charge is 0.257 e. The first-order valence-electron chi connectivity index (χ1n) is 9.12. The number of aryl methyl sites for hydroxylation is 1. The van der Waals surface area contributed by atoms with Crippen molar-refractivity contribution in [3.8, 4) is 16.9 Å². The van der Waals surface area contributed by atoms with E-state index in [1.54, 1.807) is 23.6 Å². The molecule has 2 heterocycles. The number of aromatic nitrogens is 4. The quantitative estimate of drug-likeness (QED) is 0.472. The van der Waals surface area contributed by atoms with E-state index in [0.717, 1.165) is 5.56 Å². The molecule has 0 saturated carbocycles. The second-order valence-electron chi connectivity index (χ2n) is 6.43. The first-order chi connectivity index (χ1) is 14.6. The lowest BCUT2D eigenvalue weighted by molar-refractivity contribution is 0.0948. The van der Waals surface area contributed by atoms with Crippen LogP contribution in [0.25, 0.3) is 16.9 Å². The molecule has 4 aromatic rings. The zero-order chi connectivity index (χ0) is 21.1. The largest absolute Gasteiger partial charge is 0.360 e. The van der Waals surface area contributed by atoms with Crippen LogP contribution < -0.4 is 5.32 Å². The second-order valence-corrected chi connectivity index (χ2v) is 7.20. The molecular formula is C21H18FN5O2S. The van der Waals surface area contributed by atoms with E-state index in [1.807, 2.05) is 36.6 Å². The normalized spacial score (nSPS) is 10.9. The highest BCUT2D eigenvalue weighted by Crippen LogP contribution is 2.25. The summed E-state index contributed by atoms with van der Waals surface area (Å²) < 4.78 is 20.4. The average Bonchev–Trinajstić information content (AvgIpc) is 3.36. The molecule has 0 bridgehead atoms. The molecule has 9 heteroatoms. The van der Waals surface area contributed by atoms with E-state index in [9.17, 15) is 9.18 Å². The number of carbonyl (C=O) groups excluding carboxylic acids is 1. The minimum absolute atomic E-state index is 0.128. The van der Waals surface area contributed by atoms with Gasteiger partial charge in [0.2, 0.25) is 0 Å². The topological polar surface area (TPSA) is 85.8 Å². The number of nitrogens with zero attached hydrogens (tertiary/aromatic N) is 4. The van der Waals surface area contributed by atoms with Gasteiger partial charge in [-0.15, -0.1) is 10.2 Å². The van der Waals surface area contributed by atoms with Crippen molar-refractivity contribution in [1.29, 1.82) is 0 Å². The Bertz CT molecular complexity index is 1170. The van der Waals surface area contributed by atoms with Gasteiger partial charge in [-0.3, -0.25) is 9.36 Å². The highest BCUT2D eigenvalue weighted by Gasteiger charge is 2.22. The van der Waals surface area contributed by atoms with E-state index in [2.05, 4.69) is 20.7 Å². The van der Waals surface area contributed by atoms with Gasteiger partial charge < -0.3 is 9.84 Å². The van der Waals surface area contributed by atoms with E-state index in [-0.39, 0.29) is 18.3 Å². The Labute approximate surface area is 176 Å². The molecule has 0 atom stereocenters. The van der Waals surface area contributed by atoms with Crippen LogP contribution in [0.5, 0.6) is 0 Å². The molecule has 4 rings (SSSR count). The number of nitrogens with one attached hydrogen (secondary N) is 1. The fourth-order valence-electron chi connectivity index (χ4n) is 3.08. The predicted molar refractivity (Wildman–Crippen MR) is 111 cm³/mol. The molecule has 0 aliphatic carbocycles. The Morgan fingerprint density at radius 1 is 1.13 bits per heavy atom. The van der Waals surface area contributed by atoms with Gasteiger partial charge in [-0.1, -0.05) is 47.3 Å². The monoisotopic (exact) mass is 423 g/mol. The first-order valence-corrected chi connectivity index (χ1v) is 10.3. The molecule has 2 aromatic heterocycles. The van der Waals surface area contributed by atoms with Gasteiger partial charge >= 0.3 is 0 Å². The second kappa shape index (κ2) is 8.50. The van der Waals surface area contributed by atoms with Crippen LogP contribution in [0, 0.1) is 12.7 Å². The third-order valence-corrected chi connectivity index (χ3v) is 5.14. The number of hydrogen-bond acceptors (Lipinski definition) is 6. The summed E-state index contributed by atoms with van der Waals surface area (Å²) in [6.45, 7) is 1.82. The summed E-state index contributed by atoms with van der Waals surface area (Å²) in [4.78, 5) is 12.9. The maximum Gasteiger partial charge on any atom is 0.257 e. The first kappa shape index (κ1) is 19.8. The number of thioether (sulfide) groups is 1. The van der Waals surface area contributed by atoms with Crippen LogP contribution in [-0.4, -0.2) is 32.1 Å². The van der Waals surface area contributed by atoms with Crippen molar-refractivity contribution in [3.63, 3.8) is 0 Å². The fraction of sp³-hybridized carbons (Fsp3) is 0.143. The summed E-state index contributed by atoms with van der Waals surface area (Å²) in [5.41, 5.74) is 2.36. The Kier molecular flexibility index (Phi) is 5.62. The van der Waals surface area contributed by atoms with Crippen LogP contribution in [0.2, 0.25) is 0 Å². The van der Waals surface area contributed by atoms with Gasteiger partial charge in [-0.2, -0.15) is 0 Å².